The summed E-state index contributed by atoms with van der Waals surface area (Å²) in [6, 6.07) is 9.06. The SMILES string of the molecule is CC[C@]1(O)CC[C@@]2(C)[C@@H](CC[C@@H]3[C@@H]2CC[C@]2(C)[C@@H]([C@H](C)CS(=O)(=O)c4ccccc4)CCC[C@@H]32)C1. The Labute approximate surface area is 214 Å². The quantitative estimate of drug-likeness (QED) is 0.462. The molecule has 0 bridgehead atoms. The Morgan fingerprint density at radius 1 is 0.943 bits per heavy atom. The molecule has 4 aliphatic rings. The highest BCUT2D eigenvalue weighted by molar-refractivity contribution is 7.91. The molecule has 0 amide bonds. The Morgan fingerprint density at radius 2 is 1.66 bits per heavy atom. The molecule has 1 N–H and O–H groups in total. The topological polar surface area (TPSA) is 54.4 Å². The van der Waals surface area contributed by atoms with E-state index in [0.29, 0.717) is 22.1 Å². The lowest BCUT2D eigenvalue weighted by molar-refractivity contribution is -0.171. The summed E-state index contributed by atoms with van der Waals surface area (Å²) in [5, 5.41) is 11.1. The van der Waals surface area contributed by atoms with E-state index in [0.717, 1.165) is 37.0 Å². The lowest BCUT2D eigenvalue weighted by Crippen LogP contribution is -2.58. The zero-order valence-corrected chi connectivity index (χ0v) is 23.3. The van der Waals surface area contributed by atoms with Crippen molar-refractivity contribution in [2.45, 2.75) is 109 Å². The van der Waals surface area contributed by atoms with Crippen molar-refractivity contribution in [2.24, 2.45) is 46.3 Å². The fraction of sp³-hybridized carbons (Fsp3) is 0.806. The summed E-state index contributed by atoms with van der Waals surface area (Å²) in [5.41, 5.74) is 0.198. The van der Waals surface area contributed by atoms with Crippen LogP contribution in [0.3, 0.4) is 0 Å². The first-order chi connectivity index (χ1) is 16.5. The van der Waals surface area contributed by atoms with E-state index in [1.807, 2.05) is 18.2 Å². The summed E-state index contributed by atoms with van der Waals surface area (Å²) in [6.45, 7) is 9.48. The van der Waals surface area contributed by atoms with Crippen LogP contribution in [0.2, 0.25) is 0 Å². The van der Waals surface area contributed by atoms with Crippen molar-refractivity contribution in [1.29, 1.82) is 0 Å². The maximum absolute atomic E-state index is 13.2. The van der Waals surface area contributed by atoms with Crippen LogP contribution in [0, 0.1) is 46.3 Å². The molecule has 1 aromatic rings. The second-order valence-corrected chi connectivity index (χ2v) is 15.6. The Kier molecular flexibility index (Phi) is 6.74. The molecule has 0 spiro atoms. The van der Waals surface area contributed by atoms with Crippen LogP contribution >= 0.6 is 0 Å². The van der Waals surface area contributed by atoms with Crippen LogP contribution in [0.15, 0.2) is 35.2 Å². The third-order valence-corrected chi connectivity index (χ3v) is 14.0. The fourth-order valence-electron chi connectivity index (χ4n) is 10.0. The van der Waals surface area contributed by atoms with Crippen LogP contribution in [0.4, 0.5) is 0 Å². The lowest BCUT2D eigenvalue weighted by atomic mass is 9.40. The molecule has 0 saturated heterocycles. The molecule has 1 aromatic carbocycles. The van der Waals surface area contributed by atoms with Gasteiger partial charge in [0.15, 0.2) is 9.84 Å². The minimum atomic E-state index is -3.26. The zero-order valence-electron chi connectivity index (χ0n) is 22.5. The van der Waals surface area contributed by atoms with E-state index < -0.39 is 15.4 Å². The number of aliphatic hydroxyl groups is 1. The number of hydrogen-bond acceptors (Lipinski definition) is 3. The van der Waals surface area contributed by atoms with Crippen LogP contribution in [-0.4, -0.2) is 24.9 Å². The van der Waals surface area contributed by atoms with Crippen LogP contribution < -0.4 is 0 Å². The molecule has 0 unspecified atom stereocenters. The highest BCUT2D eigenvalue weighted by atomic mass is 32.2. The summed E-state index contributed by atoms with van der Waals surface area (Å²) in [5.74, 6) is 3.90. The Balaban J connectivity index is 1.35. The minimum absolute atomic E-state index is 0.186. The van der Waals surface area contributed by atoms with Crippen molar-refractivity contribution in [2.75, 3.05) is 5.75 Å². The lowest BCUT2D eigenvalue weighted by Gasteiger charge is -2.65. The number of benzene rings is 1. The largest absolute Gasteiger partial charge is 0.390 e. The van der Waals surface area contributed by atoms with Gasteiger partial charge in [-0.1, -0.05) is 52.3 Å². The Bertz CT molecular complexity index is 1010. The minimum Gasteiger partial charge on any atom is -0.390 e. The van der Waals surface area contributed by atoms with Gasteiger partial charge in [0.05, 0.1) is 16.2 Å². The van der Waals surface area contributed by atoms with Gasteiger partial charge in [0, 0.05) is 0 Å². The van der Waals surface area contributed by atoms with Gasteiger partial charge in [-0.3, -0.25) is 0 Å². The molecule has 35 heavy (non-hydrogen) atoms. The van der Waals surface area contributed by atoms with Crippen molar-refractivity contribution < 1.29 is 13.5 Å². The molecular formula is C31H48O3S. The third kappa shape index (κ3) is 4.33. The van der Waals surface area contributed by atoms with E-state index >= 15 is 0 Å². The standard InChI is InChI=1S/C31H48O3S/c1-5-31(32)19-18-29(3)23(20-31)14-15-25-27-13-9-12-26(30(27,4)17-16-28(25)29)22(2)21-35(33,34)24-10-7-6-8-11-24/h6-8,10-11,22-23,25-28,32H,5,9,12-21H2,1-4H3/t22-,23+,25+,26-,27+,28+,29+,30-,31+/m1/s1. The van der Waals surface area contributed by atoms with Crippen LogP contribution in [-0.2, 0) is 9.84 Å². The van der Waals surface area contributed by atoms with Crippen molar-refractivity contribution >= 4 is 9.84 Å². The number of fused-ring (bicyclic) bond motifs is 5. The van der Waals surface area contributed by atoms with Gasteiger partial charge in [-0.05, 0) is 123 Å². The number of sulfone groups is 1. The van der Waals surface area contributed by atoms with Crippen LogP contribution in [0.1, 0.15) is 98.3 Å². The van der Waals surface area contributed by atoms with E-state index in [2.05, 4.69) is 27.7 Å². The zero-order chi connectivity index (χ0) is 25.1. The van der Waals surface area contributed by atoms with E-state index in [9.17, 15) is 13.5 Å². The summed E-state index contributed by atoms with van der Waals surface area (Å²) in [4.78, 5) is 0.476. The van der Waals surface area contributed by atoms with Gasteiger partial charge >= 0.3 is 0 Å². The molecule has 4 fully saturated rings. The first-order valence-electron chi connectivity index (χ1n) is 14.5. The summed E-state index contributed by atoms with van der Waals surface area (Å²) < 4.78 is 26.5. The maximum atomic E-state index is 13.2. The van der Waals surface area contributed by atoms with Crippen molar-refractivity contribution in [3.63, 3.8) is 0 Å². The Hall–Kier alpha value is -0.870. The van der Waals surface area contributed by atoms with E-state index in [4.69, 9.17) is 0 Å². The van der Waals surface area contributed by atoms with E-state index in [1.165, 1.54) is 51.4 Å². The van der Waals surface area contributed by atoms with Crippen molar-refractivity contribution in [3.8, 4) is 0 Å². The molecule has 0 radical (unpaired) electrons. The van der Waals surface area contributed by atoms with E-state index in [1.54, 1.807) is 12.1 Å². The van der Waals surface area contributed by atoms with E-state index in [-0.39, 0.29) is 17.1 Å². The fourth-order valence-corrected chi connectivity index (χ4v) is 11.7. The molecule has 3 nitrogen and oxygen atoms in total. The van der Waals surface area contributed by atoms with Gasteiger partial charge in [-0.15, -0.1) is 0 Å². The van der Waals surface area contributed by atoms with Crippen LogP contribution in [0.5, 0.6) is 0 Å². The highest BCUT2D eigenvalue weighted by Gasteiger charge is 2.60. The predicted octanol–water partition coefficient (Wildman–Crippen LogP) is 7.29. The summed E-state index contributed by atoms with van der Waals surface area (Å²) in [6.07, 6.45) is 12.9. The molecule has 4 aliphatic carbocycles. The normalized spacial score (nSPS) is 44.5. The average Bonchev–Trinajstić information content (AvgIpc) is 2.84. The predicted molar refractivity (Wildman–Crippen MR) is 143 cm³/mol. The molecule has 0 aromatic heterocycles. The van der Waals surface area contributed by atoms with Gasteiger partial charge in [0.25, 0.3) is 0 Å². The Morgan fingerprint density at radius 3 is 2.37 bits per heavy atom. The van der Waals surface area contributed by atoms with Crippen molar-refractivity contribution in [1.82, 2.24) is 0 Å². The van der Waals surface area contributed by atoms with Crippen LogP contribution in [0.25, 0.3) is 0 Å². The summed E-state index contributed by atoms with van der Waals surface area (Å²) in [7, 11) is -3.26. The third-order valence-electron chi connectivity index (χ3n) is 12.1. The molecule has 0 aliphatic heterocycles. The molecule has 196 valence electrons. The second-order valence-electron chi connectivity index (χ2n) is 13.6. The smallest absolute Gasteiger partial charge is 0.178 e. The van der Waals surface area contributed by atoms with Gasteiger partial charge < -0.3 is 5.11 Å². The second kappa shape index (κ2) is 9.15. The van der Waals surface area contributed by atoms with Gasteiger partial charge in [-0.2, -0.15) is 0 Å². The highest BCUT2D eigenvalue weighted by Crippen LogP contribution is 2.67. The molecule has 4 saturated carbocycles. The maximum Gasteiger partial charge on any atom is 0.178 e. The molecule has 0 heterocycles. The van der Waals surface area contributed by atoms with Crippen molar-refractivity contribution in [3.05, 3.63) is 30.3 Å². The molecular weight excluding hydrogens is 452 g/mol. The monoisotopic (exact) mass is 500 g/mol. The number of rotatable bonds is 5. The van der Waals surface area contributed by atoms with Gasteiger partial charge in [0.1, 0.15) is 0 Å². The number of hydrogen-bond donors (Lipinski definition) is 1. The molecule has 4 heteroatoms. The first-order valence-corrected chi connectivity index (χ1v) is 16.2. The summed E-state index contributed by atoms with van der Waals surface area (Å²) >= 11 is 0. The molecule has 9 atom stereocenters. The van der Waals surface area contributed by atoms with Gasteiger partial charge in [-0.25, -0.2) is 8.42 Å². The van der Waals surface area contributed by atoms with Gasteiger partial charge in [0.2, 0.25) is 0 Å². The average molecular weight is 501 g/mol. The first kappa shape index (κ1) is 25.8. The molecule has 5 rings (SSSR count).